The molecule has 0 radical (unpaired) electrons. The first kappa shape index (κ1) is 23.1. The van der Waals surface area contributed by atoms with E-state index >= 15 is 0 Å². The number of nitrogens with one attached hydrogen (secondary N) is 1. The number of halogens is 3. The number of fused-ring (bicyclic) bond motifs is 1. The van der Waals surface area contributed by atoms with Crippen LogP contribution in [-0.4, -0.2) is 28.6 Å². The Morgan fingerprint density at radius 1 is 1.15 bits per heavy atom. The maximum absolute atomic E-state index is 13.1. The van der Waals surface area contributed by atoms with Crippen molar-refractivity contribution >= 4 is 40.4 Å². The van der Waals surface area contributed by atoms with E-state index in [-0.39, 0.29) is 5.91 Å². The van der Waals surface area contributed by atoms with E-state index in [9.17, 15) is 9.18 Å². The number of benzene rings is 2. The Morgan fingerprint density at radius 2 is 1.88 bits per heavy atom. The lowest BCUT2D eigenvalue weighted by atomic mass is 10.0. The van der Waals surface area contributed by atoms with Gasteiger partial charge >= 0.3 is 0 Å². The molecule has 0 aliphatic heterocycles. The summed E-state index contributed by atoms with van der Waals surface area (Å²) in [6, 6.07) is 18.2. The first-order valence-electron chi connectivity index (χ1n) is 10.5. The number of nitrogens with zero attached hydrogens (tertiary/aromatic N) is 2. The van der Waals surface area contributed by atoms with Crippen molar-refractivity contribution in [3.05, 3.63) is 82.6 Å². The number of para-hydroxylation sites is 1. The number of hydrogen-bond acceptors (Lipinski definition) is 3. The third-order valence-electron chi connectivity index (χ3n) is 5.20. The molecule has 1 amide bonds. The molecule has 4 aromatic rings. The van der Waals surface area contributed by atoms with Crippen LogP contribution in [0.5, 0.6) is 5.75 Å². The molecule has 170 valence electrons. The van der Waals surface area contributed by atoms with Gasteiger partial charge in [-0.15, -0.1) is 0 Å². The van der Waals surface area contributed by atoms with Crippen LogP contribution in [-0.2, 0) is 4.79 Å². The quantitative estimate of drug-likeness (QED) is 0.279. The number of anilines is 1. The van der Waals surface area contributed by atoms with Crippen molar-refractivity contribution in [2.24, 2.45) is 0 Å². The van der Waals surface area contributed by atoms with E-state index in [1.807, 2.05) is 49.4 Å². The minimum atomic E-state index is -0.565. The fourth-order valence-electron chi connectivity index (χ4n) is 3.57. The summed E-state index contributed by atoms with van der Waals surface area (Å²) in [6.45, 7) is 1.70. The Balaban J connectivity index is 1.74. The molecule has 2 heterocycles. The molecule has 0 aliphatic carbocycles. The van der Waals surface area contributed by atoms with Crippen LogP contribution in [0.15, 0.2) is 66.9 Å². The minimum Gasteiger partial charge on any atom is -0.493 e. The molecule has 8 heteroatoms. The monoisotopic (exact) mass is 485 g/mol. The summed E-state index contributed by atoms with van der Waals surface area (Å²) in [5, 5.41) is 3.76. The van der Waals surface area contributed by atoms with Crippen LogP contribution in [0.1, 0.15) is 25.0 Å². The Morgan fingerprint density at radius 3 is 2.58 bits per heavy atom. The van der Waals surface area contributed by atoms with Crippen LogP contribution in [0.25, 0.3) is 16.9 Å². The largest absolute Gasteiger partial charge is 0.493 e. The first-order valence-corrected chi connectivity index (χ1v) is 11.3. The Bertz CT molecular complexity index is 1260. The van der Waals surface area contributed by atoms with E-state index < -0.39 is 12.6 Å². The molecule has 1 unspecified atom stereocenters. The number of aromatic nitrogens is 2. The third kappa shape index (κ3) is 5.13. The zero-order valence-corrected chi connectivity index (χ0v) is 19.4. The van der Waals surface area contributed by atoms with Crippen molar-refractivity contribution in [3.63, 3.8) is 0 Å². The number of imidazole rings is 1. The van der Waals surface area contributed by atoms with Crippen LogP contribution in [0.3, 0.4) is 0 Å². The lowest BCUT2D eigenvalue weighted by Crippen LogP contribution is -2.20. The smallest absolute Gasteiger partial charge is 0.233 e. The fraction of sp³-hybridized carbons (Fsp3) is 0.200. The first-order chi connectivity index (χ1) is 16.0. The second-order valence-corrected chi connectivity index (χ2v) is 8.38. The van der Waals surface area contributed by atoms with Gasteiger partial charge in [-0.3, -0.25) is 13.6 Å². The predicted molar refractivity (Wildman–Crippen MR) is 130 cm³/mol. The van der Waals surface area contributed by atoms with Gasteiger partial charge in [-0.1, -0.05) is 41.4 Å². The van der Waals surface area contributed by atoms with Crippen LogP contribution in [0.2, 0.25) is 10.0 Å². The normalized spacial score (nSPS) is 12.0. The predicted octanol–water partition coefficient (Wildman–Crippen LogP) is 6.79. The van der Waals surface area contributed by atoms with Gasteiger partial charge in [0, 0.05) is 23.9 Å². The van der Waals surface area contributed by atoms with Gasteiger partial charge in [0.25, 0.3) is 0 Å². The van der Waals surface area contributed by atoms with Gasteiger partial charge in [0.1, 0.15) is 5.75 Å². The zero-order valence-electron chi connectivity index (χ0n) is 17.9. The SMILES string of the molecule is CC(C(=O)Nc1ccccc1)c1c(-c2ccc(OCCCF)cc2)nc2c(Cl)cc(Cl)cn12. The van der Waals surface area contributed by atoms with Gasteiger partial charge in [-0.25, -0.2) is 4.98 Å². The van der Waals surface area contributed by atoms with E-state index in [4.69, 9.17) is 32.9 Å². The molecular weight excluding hydrogens is 464 g/mol. The van der Waals surface area contributed by atoms with Gasteiger partial charge < -0.3 is 10.1 Å². The van der Waals surface area contributed by atoms with E-state index in [1.54, 1.807) is 28.8 Å². The standard InChI is InChI=1S/C25H22Cl2FN3O2/c1-16(25(32)29-19-6-3-2-4-7-19)23-22(30-24-21(27)14-18(26)15-31(23)24)17-8-10-20(11-9-17)33-13-5-12-28/h2-4,6-11,14-16H,5,12-13H2,1H3,(H,29,32). The van der Waals surface area contributed by atoms with E-state index in [2.05, 4.69) is 5.32 Å². The lowest BCUT2D eigenvalue weighted by Gasteiger charge is -2.15. The number of carbonyl (C=O) groups excluding carboxylic acids is 1. The Kier molecular flexibility index (Phi) is 7.16. The summed E-state index contributed by atoms with van der Waals surface area (Å²) in [6.07, 6.45) is 2.04. The molecule has 0 saturated carbocycles. The summed E-state index contributed by atoms with van der Waals surface area (Å²) in [5.41, 5.74) is 3.28. The molecule has 33 heavy (non-hydrogen) atoms. The van der Waals surface area contributed by atoms with Gasteiger partial charge in [-0.2, -0.15) is 0 Å². The number of alkyl halides is 1. The maximum Gasteiger partial charge on any atom is 0.233 e. The van der Waals surface area contributed by atoms with Gasteiger partial charge in [0.15, 0.2) is 5.65 Å². The molecule has 5 nitrogen and oxygen atoms in total. The molecule has 4 rings (SSSR count). The van der Waals surface area contributed by atoms with Gasteiger partial charge in [-0.05, 0) is 49.4 Å². The van der Waals surface area contributed by atoms with Crippen LogP contribution >= 0.6 is 23.2 Å². The van der Waals surface area contributed by atoms with E-state index in [0.717, 1.165) is 5.56 Å². The second kappa shape index (κ2) is 10.2. The van der Waals surface area contributed by atoms with Crippen LogP contribution in [0.4, 0.5) is 10.1 Å². The average molecular weight is 486 g/mol. The minimum absolute atomic E-state index is 0.188. The van der Waals surface area contributed by atoms with Gasteiger partial charge in [0.2, 0.25) is 5.91 Å². The van der Waals surface area contributed by atoms with Crippen molar-refractivity contribution in [2.45, 2.75) is 19.3 Å². The van der Waals surface area contributed by atoms with Gasteiger partial charge in [0.05, 0.1) is 40.6 Å². The maximum atomic E-state index is 13.1. The number of ether oxygens (including phenoxy) is 1. The molecule has 0 aliphatic rings. The molecule has 2 aromatic heterocycles. The molecule has 0 spiro atoms. The van der Waals surface area contributed by atoms with Crippen molar-refractivity contribution in [2.75, 3.05) is 18.6 Å². The fourth-order valence-corrected chi connectivity index (χ4v) is 4.08. The highest BCUT2D eigenvalue weighted by atomic mass is 35.5. The summed E-state index contributed by atoms with van der Waals surface area (Å²) < 4.78 is 19.6. The molecule has 0 saturated heterocycles. The number of hydrogen-bond donors (Lipinski definition) is 1. The van der Waals surface area contributed by atoms with Crippen molar-refractivity contribution < 1.29 is 13.9 Å². The highest BCUT2D eigenvalue weighted by Gasteiger charge is 2.26. The van der Waals surface area contributed by atoms with Crippen molar-refractivity contribution in [1.82, 2.24) is 9.38 Å². The average Bonchev–Trinajstić information content (AvgIpc) is 3.19. The Hall–Kier alpha value is -3.09. The third-order valence-corrected chi connectivity index (χ3v) is 5.68. The van der Waals surface area contributed by atoms with Crippen molar-refractivity contribution in [3.8, 4) is 17.0 Å². The zero-order chi connectivity index (χ0) is 23.4. The summed E-state index contributed by atoms with van der Waals surface area (Å²) in [5.74, 6) is -0.120. The highest BCUT2D eigenvalue weighted by Crippen LogP contribution is 2.35. The molecular formula is C25H22Cl2FN3O2. The number of rotatable bonds is 8. The molecule has 2 aromatic carbocycles. The van der Waals surface area contributed by atoms with Crippen molar-refractivity contribution in [1.29, 1.82) is 0 Å². The number of amides is 1. The van der Waals surface area contributed by atoms with Crippen LogP contribution < -0.4 is 10.1 Å². The number of carbonyl (C=O) groups is 1. The number of pyridine rings is 1. The summed E-state index contributed by atoms with van der Waals surface area (Å²) >= 11 is 12.7. The topological polar surface area (TPSA) is 55.6 Å². The van der Waals surface area contributed by atoms with E-state index in [1.165, 1.54) is 0 Å². The summed E-state index contributed by atoms with van der Waals surface area (Å²) in [4.78, 5) is 17.9. The lowest BCUT2D eigenvalue weighted by molar-refractivity contribution is -0.117. The molecule has 1 atom stereocenters. The second-order valence-electron chi connectivity index (χ2n) is 7.54. The molecule has 0 fully saturated rings. The van der Waals surface area contributed by atoms with Crippen LogP contribution in [0, 0.1) is 0 Å². The highest BCUT2D eigenvalue weighted by molar-refractivity contribution is 6.36. The van der Waals surface area contributed by atoms with E-state index in [0.29, 0.717) is 51.5 Å². The summed E-state index contributed by atoms with van der Waals surface area (Å²) in [7, 11) is 0. The Labute approximate surface area is 201 Å². The molecule has 1 N–H and O–H groups in total. The molecule has 0 bridgehead atoms.